The van der Waals surface area contributed by atoms with Crippen molar-refractivity contribution in [3.05, 3.63) is 88.5 Å². The second-order valence-electron chi connectivity index (χ2n) is 12.7. The van der Waals surface area contributed by atoms with E-state index in [-0.39, 0.29) is 29.8 Å². The zero-order chi connectivity index (χ0) is 30.9. The number of hydrogen-bond donors (Lipinski definition) is 1. The van der Waals surface area contributed by atoms with Gasteiger partial charge in [-0.05, 0) is 89.3 Å². The van der Waals surface area contributed by atoms with E-state index in [1.54, 1.807) is 25.1 Å². The van der Waals surface area contributed by atoms with Crippen LogP contribution in [0.1, 0.15) is 68.7 Å². The Morgan fingerprint density at radius 2 is 1.74 bits per heavy atom. The number of allylic oxidation sites excluding steroid dienone is 2. The number of carbonyl (C=O) groups is 1. The second kappa shape index (κ2) is 10.1. The summed E-state index contributed by atoms with van der Waals surface area (Å²) in [5.41, 5.74) is 1.64. The molecule has 0 saturated heterocycles. The molecular formula is C35H34F4O4. The molecule has 0 bridgehead atoms. The Kier molecular flexibility index (Phi) is 6.90. The summed E-state index contributed by atoms with van der Waals surface area (Å²) in [6, 6.07) is 12.4. The Labute approximate surface area is 248 Å². The molecule has 3 aliphatic carbocycles. The van der Waals surface area contributed by atoms with Crippen molar-refractivity contribution in [3.63, 3.8) is 0 Å². The molecule has 3 aromatic carbocycles. The Hall–Kier alpha value is -3.81. The van der Waals surface area contributed by atoms with Crippen LogP contribution in [-0.4, -0.2) is 18.2 Å². The van der Waals surface area contributed by atoms with E-state index >= 15 is 8.78 Å². The lowest BCUT2D eigenvalue weighted by Crippen LogP contribution is -2.32. The molecule has 3 aliphatic rings. The van der Waals surface area contributed by atoms with E-state index in [9.17, 15) is 18.7 Å². The zero-order valence-corrected chi connectivity index (χ0v) is 24.6. The highest BCUT2D eigenvalue weighted by Crippen LogP contribution is 2.68. The van der Waals surface area contributed by atoms with Gasteiger partial charge in [-0.3, -0.25) is 4.79 Å². The van der Waals surface area contributed by atoms with E-state index in [1.165, 1.54) is 25.3 Å². The third kappa shape index (κ3) is 4.61. The van der Waals surface area contributed by atoms with Crippen LogP contribution in [0, 0.1) is 28.9 Å². The Bertz CT molecular complexity index is 1660. The molecule has 1 N–H and O–H groups in total. The topological polar surface area (TPSA) is 55.8 Å². The number of rotatable bonds is 7. The normalized spacial score (nSPS) is 24.8. The number of methoxy groups -OCH3 is 1. The minimum Gasteiger partial charge on any atom is -0.497 e. The summed E-state index contributed by atoms with van der Waals surface area (Å²) in [7, 11) is 1.52. The molecule has 0 radical (unpaired) electrons. The van der Waals surface area contributed by atoms with Crippen molar-refractivity contribution >= 4 is 11.5 Å². The highest BCUT2D eigenvalue weighted by Gasteiger charge is 2.71. The summed E-state index contributed by atoms with van der Waals surface area (Å²) in [5.74, 6) is -6.77. The van der Waals surface area contributed by atoms with Crippen LogP contribution in [0.2, 0.25) is 0 Å². The van der Waals surface area contributed by atoms with Gasteiger partial charge in [0, 0.05) is 28.5 Å². The van der Waals surface area contributed by atoms with E-state index < -0.39 is 52.8 Å². The molecule has 1 saturated carbocycles. The number of aliphatic carboxylic acids is 1. The Balaban J connectivity index is 1.37. The van der Waals surface area contributed by atoms with Gasteiger partial charge in [0.05, 0.1) is 13.0 Å². The van der Waals surface area contributed by atoms with E-state index in [1.807, 2.05) is 12.1 Å². The van der Waals surface area contributed by atoms with Gasteiger partial charge in [-0.25, -0.2) is 17.6 Å². The largest absolute Gasteiger partial charge is 0.497 e. The van der Waals surface area contributed by atoms with Gasteiger partial charge < -0.3 is 14.6 Å². The maximum Gasteiger partial charge on any atom is 0.307 e. The zero-order valence-electron chi connectivity index (χ0n) is 24.6. The predicted octanol–water partition coefficient (Wildman–Crippen LogP) is 8.90. The second-order valence-corrected chi connectivity index (χ2v) is 12.7. The van der Waals surface area contributed by atoms with Crippen LogP contribution in [0.15, 0.2) is 54.6 Å². The first-order chi connectivity index (χ1) is 20.3. The van der Waals surface area contributed by atoms with Crippen LogP contribution < -0.4 is 9.47 Å². The van der Waals surface area contributed by atoms with Crippen molar-refractivity contribution in [3.8, 4) is 22.6 Å². The number of benzene rings is 3. The van der Waals surface area contributed by atoms with E-state index in [0.717, 1.165) is 24.0 Å². The molecular weight excluding hydrogens is 560 g/mol. The van der Waals surface area contributed by atoms with Crippen molar-refractivity contribution in [2.24, 2.45) is 17.3 Å². The van der Waals surface area contributed by atoms with E-state index in [4.69, 9.17) is 9.47 Å². The maximum absolute atomic E-state index is 16.1. The van der Waals surface area contributed by atoms with Crippen molar-refractivity contribution in [2.75, 3.05) is 7.11 Å². The summed E-state index contributed by atoms with van der Waals surface area (Å²) in [5, 5.41) is 9.74. The molecule has 0 amide bonds. The van der Waals surface area contributed by atoms with Crippen molar-refractivity contribution in [1.82, 2.24) is 0 Å². The van der Waals surface area contributed by atoms with Crippen LogP contribution in [0.5, 0.6) is 11.5 Å². The van der Waals surface area contributed by atoms with Gasteiger partial charge in [-0.15, -0.1) is 0 Å². The van der Waals surface area contributed by atoms with Crippen LogP contribution in [-0.2, 0) is 22.7 Å². The highest BCUT2D eigenvalue weighted by molar-refractivity contribution is 5.85. The number of carboxylic acids is 1. The molecule has 0 aromatic heterocycles. The fourth-order valence-corrected chi connectivity index (χ4v) is 7.48. The number of carboxylic acid groups (broad SMARTS) is 1. The maximum atomic E-state index is 16.1. The lowest BCUT2D eigenvalue weighted by atomic mass is 9.75. The van der Waals surface area contributed by atoms with Crippen LogP contribution >= 0.6 is 0 Å². The van der Waals surface area contributed by atoms with Gasteiger partial charge in [0.2, 0.25) is 0 Å². The number of alkyl halides is 2. The molecule has 3 aromatic rings. The summed E-state index contributed by atoms with van der Waals surface area (Å²) in [4.78, 5) is 11.9. The SMILES string of the molecule is COc1ccc(F)c(-c2ccc(COc3ccc4c(c3F)[C@]3(CCC4(F)F)[C@@H](C)[C@@H]3C(=O)O)cc2C2=CCCC2(C)C)c1. The molecule has 0 heterocycles. The first-order valence-electron chi connectivity index (χ1n) is 14.6. The minimum absolute atomic E-state index is 0.0708. The molecule has 0 unspecified atom stereocenters. The smallest absolute Gasteiger partial charge is 0.307 e. The number of hydrogen-bond acceptors (Lipinski definition) is 3. The van der Waals surface area contributed by atoms with Gasteiger partial charge in [-0.2, -0.15) is 0 Å². The van der Waals surface area contributed by atoms with Crippen molar-refractivity contribution in [1.29, 1.82) is 0 Å². The summed E-state index contributed by atoms with van der Waals surface area (Å²) >= 11 is 0. The average Bonchev–Trinajstić information content (AvgIpc) is 3.39. The standard InChI is InChI=1S/C35H34F4O4/c1-19-29(32(40)41)34(19)14-15-35(38,39)26-10-12-28(31(37)30(26)34)43-18-20-7-9-22(24-17-21(42-4)8-11-27(24)36)23(16-20)25-6-5-13-33(25,2)3/h6-12,16-17,19,29H,5,13-15,18H2,1-4H3,(H,40,41)/t19-,29+,34+/m0/s1. The Morgan fingerprint density at radius 1 is 0.977 bits per heavy atom. The molecule has 3 atom stereocenters. The molecule has 43 heavy (non-hydrogen) atoms. The van der Waals surface area contributed by atoms with Crippen molar-refractivity contribution < 1.29 is 36.9 Å². The first kappa shape index (κ1) is 29.3. The molecule has 226 valence electrons. The van der Waals surface area contributed by atoms with Crippen molar-refractivity contribution in [2.45, 2.75) is 64.4 Å². The van der Waals surface area contributed by atoms with Gasteiger partial charge in [0.1, 0.15) is 18.2 Å². The molecule has 1 fully saturated rings. The van der Waals surface area contributed by atoms with Gasteiger partial charge in [0.15, 0.2) is 11.6 Å². The lowest BCUT2D eigenvalue weighted by Gasteiger charge is -2.33. The van der Waals surface area contributed by atoms with E-state index in [2.05, 4.69) is 19.9 Å². The number of fused-ring (bicyclic) bond motifs is 2. The third-order valence-electron chi connectivity index (χ3n) is 9.92. The number of ether oxygens (including phenoxy) is 2. The quantitative estimate of drug-likeness (QED) is 0.278. The van der Waals surface area contributed by atoms with E-state index in [0.29, 0.717) is 22.4 Å². The van der Waals surface area contributed by atoms with Crippen LogP contribution in [0.4, 0.5) is 17.6 Å². The predicted molar refractivity (Wildman–Crippen MR) is 155 cm³/mol. The van der Waals surface area contributed by atoms with Gasteiger partial charge >= 0.3 is 5.97 Å². The average molecular weight is 595 g/mol. The lowest BCUT2D eigenvalue weighted by molar-refractivity contribution is -0.139. The monoisotopic (exact) mass is 594 g/mol. The summed E-state index contributed by atoms with van der Waals surface area (Å²) in [6.45, 7) is 5.88. The molecule has 8 heteroatoms. The molecule has 0 aliphatic heterocycles. The highest BCUT2D eigenvalue weighted by atomic mass is 19.3. The number of halogens is 4. The fraction of sp³-hybridized carbons (Fsp3) is 0.400. The third-order valence-corrected chi connectivity index (χ3v) is 9.92. The molecule has 6 rings (SSSR count). The van der Waals surface area contributed by atoms with Crippen LogP contribution in [0.3, 0.4) is 0 Å². The van der Waals surface area contributed by atoms with Gasteiger partial charge in [-0.1, -0.05) is 39.0 Å². The molecule has 1 spiro atoms. The van der Waals surface area contributed by atoms with Gasteiger partial charge in [0.25, 0.3) is 5.92 Å². The molecule has 4 nitrogen and oxygen atoms in total. The minimum atomic E-state index is -3.26. The summed E-state index contributed by atoms with van der Waals surface area (Å²) < 4.78 is 72.2. The van der Waals surface area contributed by atoms with Crippen LogP contribution in [0.25, 0.3) is 16.7 Å². The fourth-order valence-electron chi connectivity index (χ4n) is 7.48. The summed E-state index contributed by atoms with van der Waals surface area (Å²) in [6.07, 6.45) is 3.34. The Morgan fingerprint density at radius 3 is 2.40 bits per heavy atom. The first-order valence-corrected chi connectivity index (χ1v) is 14.6.